The molecule has 5 nitrogen and oxygen atoms in total. The molecule has 1 aromatic carbocycles. The molecule has 92 valence electrons. The molecular weight excluding hydrogens is 290 g/mol. The van der Waals surface area contributed by atoms with Crippen LogP contribution in [0.25, 0.3) is 0 Å². The third-order valence-electron chi connectivity index (χ3n) is 2.03. The van der Waals surface area contributed by atoms with Crippen molar-refractivity contribution in [2.45, 2.75) is 26.4 Å². The number of carbonyl (C=O) groups is 1. The van der Waals surface area contributed by atoms with E-state index >= 15 is 0 Å². The summed E-state index contributed by atoms with van der Waals surface area (Å²) >= 11 is 3.24. The number of hydrogen-bond acceptors (Lipinski definition) is 4. The molecule has 0 saturated carbocycles. The third-order valence-corrected chi connectivity index (χ3v) is 2.68. The summed E-state index contributed by atoms with van der Waals surface area (Å²) in [5, 5.41) is 10.6. The quantitative estimate of drug-likeness (QED) is 0.619. The minimum Gasteiger partial charge on any atom is -0.489 e. The Labute approximate surface area is 107 Å². The first-order valence-corrected chi connectivity index (χ1v) is 5.79. The van der Waals surface area contributed by atoms with Crippen LogP contribution in [0, 0.1) is 10.1 Å². The zero-order chi connectivity index (χ0) is 13.0. The first-order valence-electron chi connectivity index (χ1n) is 5.00. The third kappa shape index (κ3) is 4.14. The molecule has 1 unspecified atom stereocenters. The van der Waals surface area contributed by atoms with Crippen LogP contribution in [0.5, 0.6) is 5.75 Å². The second kappa shape index (κ2) is 5.77. The number of carbonyl (C=O) groups excluding carboxylic acids is 1. The number of rotatable bonds is 5. The first-order chi connectivity index (χ1) is 7.90. The lowest BCUT2D eigenvalue weighted by Crippen LogP contribution is -2.15. The Hall–Kier alpha value is -1.43. The molecule has 1 rings (SSSR count). The number of ketones is 1. The Kier molecular flexibility index (Phi) is 4.62. The second-order valence-electron chi connectivity index (χ2n) is 3.71. The molecule has 0 amide bonds. The Morgan fingerprint density at radius 1 is 1.59 bits per heavy atom. The maximum absolute atomic E-state index is 10.9. The average Bonchev–Trinajstić information content (AvgIpc) is 2.19. The Balaban J connectivity index is 2.86. The minimum absolute atomic E-state index is 0.0130. The number of ether oxygens (including phenoxy) is 1. The van der Waals surface area contributed by atoms with E-state index < -0.39 is 4.92 Å². The molecule has 6 heteroatoms. The average molecular weight is 302 g/mol. The summed E-state index contributed by atoms with van der Waals surface area (Å²) in [6.07, 6.45) is -0.0411. The molecule has 0 saturated heterocycles. The summed E-state index contributed by atoms with van der Waals surface area (Å²) in [4.78, 5) is 21.0. The van der Waals surface area contributed by atoms with Crippen LogP contribution in [0.4, 0.5) is 5.69 Å². The van der Waals surface area contributed by atoms with Crippen molar-refractivity contribution >= 4 is 27.4 Å². The highest BCUT2D eigenvalue weighted by molar-refractivity contribution is 9.10. The summed E-state index contributed by atoms with van der Waals surface area (Å²) in [5.41, 5.74) is -0.0433. The van der Waals surface area contributed by atoms with E-state index in [0.717, 1.165) is 0 Å². The van der Waals surface area contributed by atoms with Crippen LogP contribution in [0.15, 0.2) is 22.7 Å². The van der Waals surface area contributed by atoms with Gasteiger partial charge in [-0.2, -0.15) is 0 Å². The van der Waals surface area contributed by atoms with E-state index in [-0.39, 0.29) is 24.0 Å². The molecule has 0 aromatic heterocycles. The van der Waals surface area contributed by atoms with E-state index in [0.29, 0.717) is 10.2 Å². The van der Waals surface area contributed by atoms with Gasteiger partial charge >= 0.3 is 0 Å². The van der Waals surface area contributed by atoms with Crippen molar-refractivity contribution in [2.75, 3.05) is 0 Å². The van der Waals surface area contributed by atoms with E-state index in [1.165, 1.54) is 19.1 Å². The van der Waals surface area contributed by atoms with Gasteiger partial charge in [0.2, 0.25) is 0 Å². The van der Waals surface area contributed by atoms with Gasteiger partial charge in [-0.3, -0.25) is 14.9 Å². The van der Waals surface area contributed by atoms with Crippen LogP contribution in [-0.4, -0.2) is 16.8 Å². The number of Topliss-reactive ketones (excluding diaryl/α,β-unsaturated/α-hetero) is 1. The highest BCUT2D eigenvalue weighted by Gasteiger charge is 2.13. The standard InChI is InChI=1S/C11H12BrNO4/c1-7(14)5-8(2)17-11-6-9(13(15)16)3-4-10(11)12/h3-4,6,8H,5H2,1-2H3. The maximum Gasteiger partial charge on any atom is 0.273 e. The number of non-ortho nitro benzene ring substituents is 1. The molecule has 17 heavy (non-hydrogen) atoms. The van der Waals surface area contributed by atoms with Crippen molar-refractivity contribution in [3.8, 4) is 5.75 Å². The van der Waals surface area contributed by atoms with E-state index in [4.69, 9.17) is 4.74 Å². The summed E-state index contributed by atoms with van der Waals surface area (Å²) in [7, 11) is 0. The first kappa shape index (κ1) is 13.6. The maximum atomic E-state index is 10.9. The van der Waals surface area contributed by atoms with Gasteiger partial charge in [0, 0.05) is 12.5 Å². The molecule has 1 atom stereocenters. The number of nitrogens with zero attached hydrogens (tertiary/aromatic N) is 1. The van der Waals surface area contributed by atoms with Gasteiger partial charge in [-0.05, 0) is 35.8 Å². The summed E-state index contributed by atoms with van der Waals surface area (Å²) in [6, 6.07) is 4.27. The lowest BCUT2D eigenvalue weighted by molar-refractivity contribution is -0.385. The van der Waals surface area contributed by atoms with Gasteiger partial charge in [-0.25, -0.2) is 0 Å². The Morgan fingerprint density at radius 2 is 2.24 bits per heavy atom. The predicted molar refractivity (Wildman–Crippen MR) is 66.2 cm³/mol. The van der Waals surface area contributed by atoms with Crippen molar-refractivity contribution in [2.24, 2.45) is 0 Å². The zero-order valence-electron chi connectivity index (χ0n) is 9.47. The fraction of sp³-hybridized carbons (Fsp3) is 0.364. The SMILES string of the molecule is CC(=O)CC(C)Oc1cc([N+](=O)[O-])ccc1Br. The number of nitro benzene ring substituents is 1. The zero-order valence-corrected chi connectivity index (χ0v) is 11.1. The fourth-order valence-electron chi connectivity index (χ4n) is 1.36. The summed E-state index contributed by atoms with van der Waals surface area (Å²) in [6.45, 7) is 3.22. The molecule has 0 N–H and O–H groups in total. The number of halogens is 1. The fourth-order valence-corrected chi connectivity index (χ4v) is 1.70. The van der Waals surface area contributed by atoms with Crippen LogP contribution in [0.1, 0.15) is 20.3 Å². The Bertz CT molecular complexity index is 447. The van der Waals surface area contributed by atoms with Crippen LogP contribution in [0.3, 0.4) is 0 Å². The van der Waals surface area contributed by atoms with Gasteiger partial charge in [0.15, 0.2) is 0 Å². The van der Waals surface area contributed by atoms with Crippen molar-refractivity contribution in [1.82, 2.24) is 0 Å². The van der Waals surface area contributed by atoms with Crippen LogP contribution in [0.2, 0.25) is 0 Å². The van der Waals surface area contributed by atoms with Crippen LogP contribution >= 0.6 is 15.9 Å². The molecule has 0 bridgehead atoms. The molecule has 1 aromatic rings. The molecule has 0 spiro atoms. The molecular formula is C11H12BrNO4. The van der Waals surface area contributed by atoms with Crippen molar-refractivity contribution in [3.63, 3.8) is 0 Å². The minimum atomic E-state index is -0.491. The van der Waals surface area contributed by atoms with E-state index in [9.17, 15) is 14.9 Å². The molecule has 0 fully saturated rings. The van der Waals surface area contributed by atoms with Crippen molar-refractivity contribution in [3.05, 3.63) is 32.8 Å². The summed E-state index contributed by atoms with van der Waals surface area (Å²) in [5.74, 6) is 0.381. The number of benzene rings is 1. The van der Waals surface area contributed by atoms with Gasteiger partial charge in [0.25, 0.3) is 5.69 Å². The molecule has 0 aliphatic heterocycles. The van der Waals surface area contributed by atoms with Crippen molar-refractivity contribution in [1.29, 1.82) is 0 Å². The highest BCUT2D eigenvalue weighted by atomic mass is 79.9. The Morgan fingerprint density at radius 3 is 2.76 bits per heavy atom. The molecule has 0 aliphatic carbocycles. The van der Waals surface area contributed by atoms with Gasteiger partial charge in [-0.1, -0.05) is 0 Å². The largest absolute Gasteiger partial charge is 0.489 e. The van der Waals surface area contributed by atoms with E-state index in [1.54, 1.807) is 13.0 Å². The number of nitro groups is 1. The van der Waals surface area contributed by atoms with E-state index in [2.05, 4.69) is 15.9 Å². The highest BCUT2D eigenvalue weighted by Crippen LogP contribution is 2.30. The second-order valence-corrected chi connectivity index (χ2v) is 4.56. The van der Waals surface area contributed by atoms with E-state index in [1.807, 2.05) is 0 Å². The normalized spacial score (nSPS) is 11.9. The molecule has 0 heterocycles. The smallest absolute Gasteiger partial charge is 0.273 e. The topological polar surface area (TPSA) is 69.4 Å². The van der Waals surface area contributed by atoms with Crippen LogP contribution < -0.4 is 4.74 Å². The molecule has 0 radical (unpaired) electrons. The van der Waals surface area contributed by atoms with Crippen molar-refractivity contribution < 1.29 is 14.5 Å². The molecule has 0 aliphatic rings. The van der Waals surface area contributed by atoms with Gasteiger partial charge in [0.05, 0.1) is 15.5 Å². The van der Waals surface area contributed by atoms with Crippen LogP contribution in [-0.2, 0) is 4.79 Å². The number of hydrogen-bond donors (Lipinski definition) is 0. The lowest BCUT2D eigenvalue weighted by Gasteiger charge is -2.14. The predicted octanol–water partition coefficient (Wildman–Crippen LogP) is 3.10. The van der Waals surface area contributed by atoms with Gasteiger partial charge < -0.3 is 4.74 Å². The van der Waals surface area contributed by atoms with Gasteiger partial charge in [-0.15, -0.1) is 0 Å². The lowest BCUT2D eigenvalue weighted by atomic mass is 10.2. The monoisotopic (exact) mass is 301 g/mol. The summed E-state index contributed by atoms with van der Waals surface area (Å²) < 4.78 is 6.10. The van der Waals surface area contributed by atoms with Gasteiger partial charge in [0.1, 0.15) is 17.6 Å².